The number of ether oxygens (including phenoxy) is 1. The van der Waals surface area contributed by atoms with Gasteiger partial charge in [-0.2, -0.15) is 0 Å². The Bertz CT molecular complexity index is 557. The molecule has 0 spiro atoms. The molecule has 0 saturated carbocycles. The van der Waals surface area contributed by atoms with E-state index >= 15 is 0 Å². The van der Waals surface area contributed by atoms with Crippen LogP contribution in [0.5, 0.6) is 11.5 Å². The van der Waals surface area contributed by atoms with Crippen LogP contribution in [0.15, 0.2) is 48.5 Å². The van der Waals surface area contributed by atoms with Gasteiger partial charge in [0.15, 0.2) is 0 Å². The second-order valence-corrected chi connectivity index (χ2v) is 4.05. The first-order chi connectivity index (χ1) is 8.48. The number of halogens is 4. The molecule has 6 heteroatoms. The third-order valence-electron chi connectivity index (χ3n) is 2.33. The lowest BCUT2D eigenvalue weighted by Gasteiger charge is -2.19. The summed E-state index contributed by atoms with van der Waals surface area (Å²) >= 11 is 5.84. The molecule has 0 fully saturated rings. The summed E-state index contributed by atoms with van der Waals surface area (Å²) in [6.45, 7) is -5.12. The van der Waals surface area contributed by atoms with Gasteiger partial charge in [-0.15, -0.1) is 0 Å². The monoisotopic (exact) mass is 271 g/mol. The van der Waals surface area contributed by atoms with E-state index in [9.17, 15) is 12.9 Å². The van der Waals surface area contributed by atoms with Crippen LogP contribution in [-0.2, 0) is 0 Å². The van der Waals surface area contributed by atoms with Crippen LogP contribution in [0.4, 0.5) is 12.9 Å². The fourth-order valence-electron chi connectivity index (χ4n) is 1.49. The predicted molar refractivity (Wildman–Crippen MR) is 66.7 cm³/mol. The topological polar surface area (TPSA) is 9.23 Å². The Morgan fingerprint density at radius 1 is 0.833 bits per heavy atom. The number of para-hydroxylation sites is 2. The van der Waals surface area contributed by atoms with Crippen molar-refractivity contribution < 1.29 is 17.7 Å². The number of benzene rings is 2. The van der Waals surface area contributed by atoms with Crippen LogP contribution in [0, 0.1) is 0 Å². The van der Waals surface area contributed by atoms with Crippen LogP contribution in [0.3, 0.4) is 0 Å². The standard InChI is InChI=1S/C12H8BClF3O/c14-10-6-2-4-8-12(10)18-11-7-3-1-5-9(11)13(15,16)17/h1-8H/q-1. The Labute approximate surface area is 107 Å². The summed E-state index contributed by atoms with van der Waals surface area (Å²) < 4.78 is 43.6. The molecule has 0 aliphatic heterocycles. The summed E-state index contributed by atoms with van der Waals surface area (Å²) in [5.41, 5.74) is -0.766. The summed E-state index contributed by atoms with van der Waals surface area (Å²) in [5, 5.41) is 0.266. The maximum atomic E-state index is 12.8. The molecule has 1 nitrogen and oxygen atoms in total. The molecule has 0 atom stereocenters. The van der Waals surface area contributed by atoms with E-state index in [-0.39, 0.29) is 16.5 Å². The van der Waals surface area contributed by atoms with Crippen LogP contribution < -0.4 is 10.2 Å². The highest BCUT2D eigenvalue weighted by molar-refractivity contribution is 6.74. The highest BCUT2D eigenvalue weighted by Gasteiger charge is 2.29. The van der Waals surface area contributed by atoms with Crippen molar-refractivity contribution in [1.29, 1.82) is 0 Å². The average molecular weight is 271 g/mol. The molecule has 0 aliphatic carbocycles. The van der Waals surface area contributed by atoms with Gasteiger partial charge in [-0.25, -0.2) is 0 Å². The van der Waals surface area contributed by atoms with Crippen molar-refractivity contribution in [2.75, 3.05) is 0 Å². The third-order valence-corrected chi connectivity index (χ3v) is 2.64. The second-order valence-electron chi connectivity index (χ2n) is 3.65. The van der Waals surface area contributed by atoms with E-state index in [1.807, 2.05) is 0 Å². The molecule has 2 aromatic carbocycles. The Kier molecular flexibility index (Phi) is 3.52. The van der Waals surface area contributed by atoms with E-state index in [1.54, 1.807) is 18.2 Å². The van der Waals surface area contributed by atoms with Gasteiger partial charge in [0.1, 0.15) is 11.5 Å². The van der Waals surface area contributed by atoms with Gasteiger partial charge in [0.05, 0.1) is 5.02 Å². The minimum absolute atomic E-state index is 0.201. The zero-order valence-corrected chi connectivity index (χ0v) is 9.87. The minimum Gasteiger partial charge on any atom is -0.459 e. The molecule has 0 bridgehead atoms. The van der Waals surface area contributed by atoms with Crippen LogP contribution in [0.2, 0.25) is 5.02 Å². The Hall–Kier alpha value is -1.62. The van der Waals surface area contributed by atoms with Gasteiger partial charge in [0, 0.05) is 0 Å². The van der Waals surface area contributed by atoms with Crippen LogP contribution in [0.1, 0.15) is 0 Å². The summed E-state index contributed by atoms with van der Waals surface area (Å²) in [5.74, 6) is -0.0373. The molecule has 2 aromatic rings. The van der Waals surface area contributed by atoms with Crippen molar-refractivity contribution in [1.82, 2.24) is 0 Å². The van der Waals surface area contributed by atoms with E-state index in [2.05, 4.69) is 0 Å². The Balaban J connectivity index is 2.39. The van der Waals surface area contributed by atoms with Crippen LogP contribution >= 0.6 is 11.6 Å². The molecule has 0 aliphatic rings. The van der Waals surface area contributed by atoms with Crippen LogP contribution in [0.25, 0.3) is 0 Å². The normalized spacial score (nSPS) is 11.3. The van der Waals surface area contributed by atoms with Crippen molar-refractivity contribution in [2.45, 2.75) is 0 Å². The van der Waals surface area contributed by atoms with Crippen molar-refractivity contribution in [3.05, 3.63) is 53.6 Å². The molecule has 0 amide bonds. The van der Waals surface area contributed by atoms with E-state index in [4.69, 9.17) is 16.3 Å². The fourth-order valence-corrected chi connectivity index (χ4v) is 1.66. The van der Waals surface area contributed by atoms with Gasteiger partial charge in [-0.05, 0) is 18.2 Å². The first-order valence-electron chi connectivity index (χ1n) is 5.20. The average Bonchev–Trinajstić information content (AvgIpc) is 2.31. The first-order valence-corrected chi connectivity index (χ1v) is 5.57. The molecule has 2 rings (SSSR count). The predicted octanol–water partition coefficient (Wildman–Crippen LogP) is 4.19. The number of hydrogen-bond acceptors (Lipinski definition) is 1. The fraction of sp³-hybridized carbons (Fsp3) is 0. The molecule has 0 radical (unpaired) electrons. The smallest absolute Gasteiger partial charge is 0.459 e. The highest BCUT2D eigenvalue weighted by Crippen LogP contribution is 2.29. The van der Waals surface area contributed by atoms with Crippen LogP contribution in [-0.4, -0.2) is 6.98 Å². The highest BCUT2D eigenvalue weighted by atomic mass is 35.5. The summed E-state index contributed by atoms with van der Waals surface area (Å²) in [4.78, 5) is 0. The summed E-state index contributed by atoms with van der Waals surface area (Å²) in [7, 11) is 0. The minimum atomic E-state index is -5.12. The molecule has 0 heterocycles. The summed E-state index contributed by atoms with van der Waals surface area (Å²) in [6, 6.07) is 11.5. The van der Waals surface area contributed by atoms with E-state index in [0.29, 0.717) is 0 Å². The van der Waals surface area contributed by atoms with E-state index in [1.165, 1.54) is 24.3 Å². The molecule has 18 heavy (non-hydrogen) atoms. The molecule has 0 N–H and O–H groups in total. The largest absolute Gasteiger partial charge is 0.513 e. The molecular weight excluding hydrogens is 263 g/mol. The van der Waals surface area contributed by atoms with E-state index in [0.717, 1.165) is 6.07 Å². The quantitative estimate of drug-likeness (QED) is 0.761. The van der Waals surface area contributed by atoms with Gasteiger partial charge in [-0.1, -0.05) is 47.4 Å². The maximum Gasteiger partial charge on any atom is 0.513 e. The molecule has 0 aromatic heterocycles. The Morgan fingerprint density at radius 2 is 1.39 bits per heavy atom. The van der Waals surface area contributed by atoms with Crippen molar-refractivity contribution in [2.24, 2.45) is 0 Å². The van der Waals surface area contributed by atoms with Crippen molar-refractivity contribution in [3.8, 4) is 11.5 Å². The van der Waals surface area contributed by atoms with Crippen molar-refractivity contribution in [3.63, 3.8) is 0 Å². The SMILES string of the molecule is F[B-](F)(F)c1ccccc1Oc1ccccc1Cl. The van der Waals surface area contributed by atoms with Gasteiger partial charge in [0.25, 0.3) is 0 Å². The Morgan fingerprint density at radius 3 is 2.00 bits per heavy atom. The third kappa shape index (κ3) is 2.79. The van der Waals surface area contributed by atoms with Crippen molar-refractivity contribution >= 4 is 24.0 Å². The lowest BCUT2D eigenvalue weighted by atomic mass is 9.79. The van der Waals surface area contributed by atoms with Gasteiger partial charge >= 0.3 is 6.98 Å². The molecule has 94 valence electrons. The number of rotatable bonds is 3. The van der Waals surface area contributed by atoms with E-state index < -0.39 is 12.4 Å². The van der Waals surface area contributed by atoms with Gasteiger partial charge in [0.2, 0.25) is 0 Å². The van der Waals surface area contributed by atoms with Gasteiger partial charge < -0.3 is 17.7 Å². The molecule has 0 saturated heterocycles. The summed E-state index contributed by atoms with van der Waals surface area (Å²) in [6.07, 6.45) is 0. The number of hydrogen-bond donors (Lipinski definition) is 0. The second kappa shape index (κ2) is 4.94. The molecule has 0 unspecified atom stereocenters. The maximum absolute atomic E-state index is 12.8. The first kappa shape index (κ1) is 12.8. The van der Waals surface area contributed by atoms with Gasteiger partial charge in [-0.3, -0.25) is 0 Å². The zero-order chi connectivity index (χ0) is 13.2. The lowest BCUT2D eigenvalue weighted by molar-refractivity contribution is 0.469. The molecular formula is C12H8BClF3O-. The zero-order valence-electron chi connectivity index (χ0n) is 9.12. The lowest BCUT2D eigenvalue weighted by Crippen LogP contribution is -2.34.